The summed E-state index contributed by atoms with van der Waals surface area (Å²) in [6.45, 7) is 4.23. The highest BCUT2D eigenvalue weighted by Crippen LogP contribution is 2.26. The number of hydrogen-bond donors (Lipinski definition) is 0. The summed E-state index contributed by atoms with van der Waals surface area (Å²) in [6.07, 6.45) is 1.12. The van der Waals surface area contributed by atoms with Crippen LogP contribution < -0.4 is 4.74 Å². The number of para-hydroxylation sites is 1. The number of hydrogen-bond acceptors (Lipinski definition) is 3. The van der Waals surface area contributed by atoms with Crippen molar-refractivity contribution in [3.05, 3.63) is 59.7 Å². The fraction of sp³-hybridized carbons (Fsp3) is 0.278. The Morgan fingerprint density at radius 3 is 2.73 bits per heavy atom. The molecule has 1 radical (unpaired) electrons. The van der Waals surface area contributed by atoms with Gasteiger partial charge in [-0.1, -0.05) is 43.5 Å². The molecule has 0 aliphatic heterocycles. The third-order valence-electron chi connectivity index (χ3n) is 3.18. The maximum absolute atomic E-state index is 11.6. The highest BCUT2D eigenvalue weighted by Gasteiger charge is 2.07. The molecule has 0 N–H and O–H groups in total. The van der Waals surface area contributed by atoms with Crippen LogP contribution in [0.15, 0.2) is 48.5 Å². The predicted octanol–water partition coefficient (Wildman–Crippen LogP) is 3.84. The van der Waals surface area contributed by atoms with Crippen LogP contribution in [0.4, 0.5) is 0 Å². The number of esters is 1. The van der Waals surface area contributed by atoms with Crippen LogP contribution in [-0.4, -0.2) is 19.9 Å². The van der Waals surface area contributed by atoms with Crippen LogP contribution >= 0.6 is 0 Å². The lowest BCUT2D eigenvalue weighted by atomic mass is 9.75. The molecule has 0 saturated carbocycles. The van der Waals surface area contributed by atoms with Gasteiger partial charge in [0.2, 0.25) is 0 Å². The molecule has 2 rings (SSSR count). The zero-order chi connectivity index (χ0) is 15.8. The van der Waals surface area contributed by atoms with E-state index < -0.39 is 0 Å². The van der Waals surface area contributed by atoms with Crippen LogP contribution in [0, 0.1) is 0 Å². The van der Waals surface area contributed by atoms with E-state index in [0.29, 0.717) is 6.61 Å². The maximum atomic E-state index is 11.6. The van der Waals surface area contributed by atoms with Crippen molar-refractivity contribution in [2.45, 2.75) is 26.5 Å². The number of ether oxygens (including phenoxy) is 2. The molecule has 0 atom stereocenters. The van der Waals surface area contributed by atoms with Crippen molar-refractivity contribution in [2.75, 3.05) is 6.61 Å². The second-order valence-corrected chi connectivity index (χ2v) is 4.95. The molecule has 0 saturated heterocycles. The first-order valence-electron chi connectivity index (χ1n) is 7.51. The average Bonchev–Trinajstić information content (AvgIpc) is 2.50. The van der Waals surface area contributed by atoms with Crippen LogP contribution in [0.3, 0.4) is 0 Å². The van der Waals surface area contributed by atoms with Crippen molar-refractivity contribution in [3.8, 4) is 11.5 Å². The van der Waals surface area contributed by atoms with Gasteiger partial charge in [0.25, 0.3) is 0 Å². The van der Waals surface area contributed by atoms with Gasteiger partial charge in [0, 0.05) is 0 Å². The Hall–Kier alpha value is -2.23. The van der Waals surface area contributed by atoms with E-state index in [-0.39, 0.29) is 12.4 Å². The first kappa shape index (κ1) is 16.2. The summed E-state index contributed by atoms with van der Waals surface area (Å²) in [4.78, 5) is 11.6. The summed E-state index contributed by atoms with van der Waals surface area (Å²) >= 11 is 0. The lowest BCUT2D eigenvalue weighted by Crippen LogP contribution is -2.07. The van der Waals surface area contributed by atoms with Crippen molar-refractivity contribution in [1.82, 2.24) is 0 Å². The van der Waals surface area contributed by atoms with E-state index in [9.17, 15) is 4.79 Å². The van der Waals surface area contributed by atoms with Gasteiger partial charge in [0.1, 0.15) is 18.8 Å². The van der Waals surface area contributed by atoms with Gasteiger partial charge in [-0.15, -0.1) is 0 Å². The predicted molar refractivity (Wildman–Crippen MR) is 88.6 cm³/mol. The molecule has 4 heteroatoms. The standard InChI is InChI=1S/C18H20BO3/c1-3-21-18(20)12-14-7-6-9-16(11-14)22-17-10-5-4-8-15(17)13-19-2/h4-11H,3,12-13H2,1-2H3. The maximum Gasteiger partial charge on any atom is 0.310 e. The quantitative estimate of drug-likeness (QED) is 0.575. The largest absolute Gasteiger partial charge is 0.466 e. The summed E-state index contributed by atoms with van der Waals surface area (Å²) in [5, 5.41) is 0. The Morgan fingerprint density at radius 1 is 1.14 bits per heavy atom. The lowest BCUT2D eigenvalue weighted by molar-refractivity contribution is -0.142. The van der Waals surface area contributed by atoms with E-state index in [0.717, 1.165) is 28.9 Å². The molecule has 2 aromatic carbocycles. The fourth-order valence-corrected chi connectivity index (χ4v) is 2.22. The van der Waals surface area contributed by atoms with E-state index in [1.807, 2.05) is 49.3 Å². The van der Waals surface area contributed by atoms with Gasteiger partial charge in [-0.25, -0.2) is 0 Å². The highest BCUT2D eigenvalue weighted by atomic mass is 16.5. The van der Waals surface area contributed by atoms with Crippen LogP contribution in [0.2, 0.25) is 6.82 Å². The minimum absolute atomic E-state index is 0.222. The SMILES string of the molecule is C[B]Cc1ccccc1Oc1cccc(CC(=O)OCC)c1. The first-order valence-corrected chi connectivity index (χ1v) is 7.51. The van der Waals surface area contributed by atoms with E-state index in [1.165, 1.54) is 0 Å². The monoisotopic (exact) mass is 295 g/mol. The number of benzene rings is 2. The molecular formula is C18H20BO3. The Labute approximate surface area is 132 Å². The molecule has 0 unspecified atom stereocenters. The van der Waals surface area contributed by atoms with Crippen molar-refractivity contribution in [1.29, 1.82) is 0 Å². The molecule has 0 amide bonds. The van der Waals surface area contributed by atoms with Crippen molar-refractivity contribution in [3.63, 3.8) is 0 Å². The van der Waals surface area contributed by atoms with Gasteiger partial charge in [-0.3, -0.25) is 4.79 Å². The van der Waals surface area contributed by atoms with Gasteiger partial charge >= 0.3 is 5.97 Å². The van der Waals surface area contributed by atoms with Crippen LogP contribution in [0.5, 0.6) is 11.5 Å². The number of carbonyl (C=O) groups is 1. The third kappa shape index (κ3) is 4.66. The van der Waals surface area contributed by atoms with Gasteiger partial charge < -0.3 is 9.47 Å². The van der Waals surface area contributed by atoms with E-state index >= 15 is 0 Å². The number of rotatable bonds is 7. The Morgan fingerprint density at radius 2 is 1.95 bits per heavy atom. The second-order valence-electron chi connectivity index (χ2n) is 4.95. The third-order valence-corrected chi connectivity index (χ3v) is 3.18. The van der Waals surface area contributed by atoms with Crippen LogP contribution in [-0.2, 0) is 22.3 Å². The summed E-state index contributed by atoms with van der Waals surface area (Å²) in [5.74, 6) is 1.35. The van der Waals surface area contributed by atoms with Gasteiger partial charge in [-0.05, 0) is 36.2 Å². The van der Waals surface area contributed by atoms with Crippen LogP contribution in [0.1, 0.15) is 18.1 Å². The highest BCUT2D eigenvalue weighted by molar-refractivity contribution is 6.33. The average molecular weight is 295 g/mol. The molecule has 22 heavy (non-hydrogen) atoms. The molecule has 0 heterocycles. The van der Waals surface area contributed by atoms with Crippen molar-refractivity contribution in [2.24, 2.45) is 0 Å². The van der Waals surface area contributed by atoms with Gasteiger partial charge in [0.05, 0.1) is 13.0 Å². The van der Waals surface area contributed by atoms with E-state index in [1.54, 1.807) is 6.92 Å². The summed E-state index contributed by atoms with van der Waals surface area (Å²) < 4.78 is 10.9. The fourth-order valence-electron chi connectivity index (χ4n) is 2.22. The van der Waals surface area contributed by atoms with Crippen molar-refractivity contribution >= 4 is 13.2 Å². The van der Waals surface area contributed by atoms with Gasteiger partial charge in [0.15, 0.2) is 0 Å². The smallest absolute Gasteiger partial charge is 0.310 e. The van der Waals surface area contributed by atoms with Crippen molar-refractivity contribution < 1.29 is 14.3 Å². The molecule has 0 aliphatic carbocycles. The molecule has 0 aromatic heterocycles. The topological polar surface area (TPSA) is 35.5 Å². The normalized spacial score (nSPS) is 10.1. The minimum Gasteiger partial charge on any atom is -0.466 e. The van der Waals surface area contributed by atoms with E-state index in [2.05, 4.69) is 13.3 Å². The molecule has 3 nitrogen and oxygen atoms in total. The minimum atomic E-state index is -0.222. The Bertz CT molecular complexity index is 625. The molecule has 113 valence electrons. The Kier molecular flexibility index (Phi) is 6.07. The zero-order valence-corrected chi connectivity index (χ0v) is 13.0. The summed E-state index contributed by atoms with van der Waals surface area (Å²) in [6, 6.07) is 15.5. The van der Waals surface area contributed by atoms with Gasteiger partial charge in [-0.2, -0.15) is 0 Å². The molecule has 0 fully saturated rings. The Balaban J connectivity index is 2.12. The lowest BCUT2D eigenvalue weighted by Gasteiger charge is -2.11. The zero-order valence-electron chi connectivity index (χ0n) is 13.0. The second kappa shape index (κ2) is 8.27. The first-order chi connectivity index (χ1) is 10.7. The summed E-state index contributed by atoms with van der Waals surface area (Å²) in [7, 11) is 2.10. The van der Waals surface area contributed by atoms with E-state index in [4.69, 9.17) is 9.47 Å². The summed E-state index contributed by atoms with van der Waals surface area (Å²) in [5.41, 5.74) is 2.02. The molecule has 0 spiro atoms. The molecule has 0 aliphatic rings. The number of carbonyl (C=O) groups excluding carboxylic acids is 1. The van der Waals surface area contributed by atoms with Crippen LogP contribution in [0.25, 0.3) is 0 Å². The molecule has 0 bridgehead atoms. The molecular weight excluding hydrogens is 275 g/mol. The molecule has 2 aromatic rings.